The Morgan fingerprint density at radius 2 is 2.11 bits per heavy atom. The van der Waals surface area contributed by atoms with E-state index in [1.165, 1.54) is 4.88 Å². The Morgan fingerprint density at radius 3 is 2.72 bits per heavy atom. The second-order valence-electron chi connectivity index (χ2n) is 3.62. The summed E-state index contributed by atoms with van der Waals surface area (Å²) < 4.78 is 0. The van der Waals surface area contributed by atoms with E-state index in [-0.39, 0.29) is 11.3 Å². The van der Waals surface area contributed by atoms with Crippen LogP contribution in [0.15, 0.2) is 17.5 Å². The SMILES string of the molecule is CCC(Nc1nc(Cl)nc(NC)n1)c1cccs1. The summed E-state index contributed by atoms with van der Waals surface area (Å²) in [5.74, 6) is 0.943. The van der Waals surface area contributed by atoms with E-state index in [1.54, 1.807) is 18.4 Å². The third kappa shape index (κ3) is 3.08. The van der Waals surface area contributed by atoms with Gasteiger partial charge in [0.25, 0.3) is 0 Å². The first-order chi connectivity index (χ1) is 8.72. The fraction of sp³-hybridized carbons (Fsp3) is 0.364. The molecule has 96 valence electrons. The van der Waals surface area contributed by atoms with Crippen molar-refractivity contribution >= 4 is 34.8 Å². The predicted octanol–water partition coefficient (Wildman–Crippen LogP) is 3.19. The van der Waals surface area contributed by atoms with Crippen LogP contribution in [0.5, 0.6) is 0 Å². The molecule has 5 nitrogen and oxygen atoms in total. The molecule has 0 bridgehead atoms. The fourth-order valence-corrected chi connectivity index (χ4v) is 2.57. The average molecular weight is 284 g/mol. The van der Waals surface area contributed by atoms with Gasteiger partial charge in [0, 0.05) is 11.9 Å². The Kier molecular flexibility index (Phi) is 4.33. The van der Waals surface area contributed by atoms with E-state index in [2.05, 4.69) is 44.0 Å². The standard InChI is InChI=1S/C11H14ClN5S/c1-3-7(8-5-4-6-18-8)14-11-16-9(12)15-10(13-2)17-11/h4-7H,3H2,1-2H3,(H2,13,14,15,16,17). The van der Waals surface area contributed by atoms with Crippen molar-refractivity contribution in [3.05, 3.63) is 27.7 Å². The van der Waals surface area contributed by atoms with Crippen molar-refractivity contribution in [2.75, 3.05) is 17.7 Å². The molecule has 0 aliphatic heterocycles. The second kappa shape index (κ2) is 5.97. The molecule has 0 amide bonds. The van der Waals surface area contributed by atoms with Gasteiger partial charge in [0.2, 0.25) is 17.2 Å². The van der Waals surface area contributed by atoms with Crippen molar-refractivity contribution in [3.63, 3.8) is 0 Å². The monoisotopic (exact) mass is 283 g/mol. The molecule has 0 radical (unpaired) electrons. The Balaban J connectivity index is 2.19. The van der Waals surface area contributed by atoms with Gasteiger partial charge in [-0.3, -0.25) is 0 Å². The lowest BCUT2D eigenvalue weighted by atomic mass is 10.2. The van der Waals surface area contributed by atoms with E-state index < -0.39 is 0 Å². The van der Waals surface area contributed by atoms with Crippen molar-refractivity contribution in [2.24, 2.45) is 0 Å². The molecule has 2 N–H and O–H groups in total. The molecule has 0 aliphatic rings. The third-order valence-electron chi connectivity index (χ3n) is 2.43. The lowest BCUT2D eigenvalue weighted by Crippen LogP contribution is -2.12. The highest BCUT2D eigenvalue weighted by atomic mass is 35.5. The minimum atomic E-state index is 0.179. The van der Waals surface area contributed by atoms with E-state index >= 15 is 0 Å². The number of anilines is 2. The molecular formula is C11H14ClN5S. The van der Waals surface area contributed by atoms with Crippen LogP contribution >= 0.6 is 22.9 Å². The first-order valence-electron chi connectivity index (χ1n) is 5.62. The van der Waals surface area contributed by atoms with Crippen LogP contribution in [0.3, 0.4) is 0 Å². The van der Waals surface area contributed by atoms with Crippen LogP contribution in [0.25, 0.3) is 0 Å². The van der Waals surface area contributed by atoms with Gasteiger partial charge < -0.3 is 10.6 Å². The van der Waals surface area contributed by atoms with Crippen LogP contribution in [0, 0.1) is 0 Å². The highest BCUT2D eigenvalue weighted by Crippen LogP contribution is 2.25. The number of nitrogens with one attached hydrogen (secondary N) is 2. The topological polar surface area (TPSA) is 62.7 Å². The van der Waals surface area contributed by atoms with Crippen molar-refractivity contribution in [3.8, 4) is 0 Å². The van der Waals surface area contributed by atoms with Crippen LogP contribution in [-0.4, -0.2) is 22.0 Å². The average Bonchev–Trinajstić information content (AvgIpc) is 2.89. The number of rotatable bonds is 5. The smallest absolute Gasteiger partial charge is 0.229 e. The summed E-state index contributed by atoms with van der Waals surface area (Å²) in [4.78, 5) is 13.5. The molecule has 0 aliphatic carbocycles. The number of halogens is 1. The Hall–Kier alpha value is -1.40. The van der Waals surface area contributed by atoms with Gasteiger partial charge in [0.05, 0.1) is 6.04 Å². The maximum Gasteiger partial charge on any atom is 0.229 e. The van der Waals surface area contributed by atoms with Crippen molar-refractivity contribution in [1.29, 1.82) is 0 Å². The number of nitrogens with zero attached hydrogens (tertiary/aromatic N) is 3. The molecule has 2 aromatic heterocycles. The van der Waals surface area contributed by atoms with Crippen LogP contribution in [-0.2, 0) is 0 Å². The van der Waals surface area contributed by atoms with E-state index in [1.807, 2.05) is 6.07 Å². The molecule has 0 spiro atoms. The zero-order chi connectivity index (χ0) is 13.0. The molecule has 1 atom stereocenters. The summed E-state index contributed by atoms with van der Waals surface area (Å²) in [6.45, 7) is 2.11. The maximum atomic E-state index is 5.84. The van der Waals surface area contributed by atoms with Gasteiger partial charge in [-0.25, -0.2) is 0 Å². The van der Waals surface area contributed by atoms with E-state index in [0.717, 1.165) is 6.42 Å². The summed E-state index contributed by atoms with van der Waals surface area (Å²) in [5, 5.41) is 8.35. The molecule has 0 saturated heterocycles. The number of thiophene rings is 1. The highest BCUT2D eigenvalue weighted by Gasteiger charge is 2.12. The lowest BCUT2D eigenvalue weighted by molar-refractivity contribution is 0.750. The predicted molar refractivity (Wildman–Crippen MR) is 75.4 cm³/mol. The highest BCUT2D eigenvalue weighted by molar-refractivity contribution is 7.10. The fourth-order valence-electron chi connectivity index (χ4n) is 1.55. The maximum absolute atomic E-state index is 5.84. The van der Waals surface area contributed by atoms with Gasteiger partial charge in [-0.05, 0) is 29.5 Å². The van der Waals surface area contributed by atoms with E-state index in [0.29, 0.717) is 11.9 Å². The molecule has 0 aromatic carbocycles. The second-order valence-corrected chi connectivity index (χ2v) is 4.94. The first kappa shape index (κ1) is 13.0. The van der Waals surface area contributed by atoms with Gasteiger partial charge >= 0.3 is 0 Å². The quantitative estimate of drug-likeness (QED) is 0.882. The zero-order valence-corrected chi connectivity index (χ0v) is 11.7. The molecule has 7 heteroatoms. The minimum Gasteiger partial charge on any atom is -0.357 e. The van der Waals surface area contributed by atoms with E-state index in [4.69, 9.17) is 11.6 Å². The number of hydrogen-bond acceptors (Lipinski definition) is 6. The first-order valence-corrected chi connectivity index (χ1v) is 6.88. The van der Waals surface area contributed by atoms with Crippen LogP contribution < -0.4 is 10.6 Å². The van der Waals surface area contributed by atoms with Gasteiger partial charge in [-0.1, -0.05) is 13.0 Å². The van der Waals surface area contributed by atoms with Gasteiger partial charge in [-0.15, -0.1) is 11.3 Å². The molecule has 0 saturated carbocycles. The number of hydrogen-bond donors (Lipinski definition) is 2. The van der Waals surface area contributed by atoms with E-state index in [9.17, 15) is 0 Å². The van der Waals surface area contributed by atoms with Crippen LogP contribution in [0.4, 0.5) is 11.9 Å². The summed E-state index contributed by atoms with van der Waals surface area (Å²) in [6, 6.07) is 4.31. The lowest BCUT2D eigenvalue weighted by Gasteiger charge is -2.15. The number of aromatic nitrogens is 3. The molecule has 18 heavy (non-hydrogen) atoms. The Labute approximate surface area is 115 Å². The summed E-state index contributed by atoms with van der Waals surface area (Å²) in [5.41, 5.74) is 0. The largest absolute Gasteiger partial charge is 0.357 e. The van der Waals surface area contributed by atoms with Crippen molar-refractivity contribution < 1.29 is 0 Å². The minimum absolute atomic E-state index is 0.179. The van der Waals surface area contributed by atoms with Gasteiger partial charge in [-0.2, -0.15) is 15.0 Å². The summed E-state index contributed by atoms with van der Waals surface area (Å²) in [6.07, 6.45) is 0.943. The third-order valence-corrected chi connectivity index (χ3v) is 3.58. The van der Waals surface area contributed by atoms with Crippen LogP contribution in [0.2, 0.25) is 5.28 Å². The Bertz CT molecular complexity index is 502. The summed E-state index contributed by atoms with van der Waals surface area (Å²) >= 11 is 7.55. The Morgan fingerprint density at radius 1 is 1.33 bits per heavy atom. The zero-order valence-electron chi connectivity index (χ0n) is 10.1. The summed E-state index contributed by atoms with van der Waals surface area (Å²) in [7, 11) is 1.74. The molecular weight excluding hydrogens is 270 g/mol. The molecule has 2 heterocycles. The van der Waals surface area contributed by atoms with Gasteiger partial charge in [0.1, 0.15) is 0 Å². The molecule has 1 unspecified atom stereocenters. The molecule has 2 aromatic rings. The van der Waals surface area contributed by atoms with Crippen LogP contribution in [0.1, 0.15) is 24.3 Å². The normalized spacial score (nSPS) is 12.2. The van der Waals surface area contributed by atoms with Crippen molar-refractivity contribution in [1.82, 2.24) is 15.0 Å². The molecule has 0 fully saturated rings. The molecule has 2 rings (SSSR count). The van der Waals surface area contributed by atoms with Crippen molar-refractivity contribution in [2.45, 2.75) is 19.4 Å². The van der Waals surface area contributed by atoms with Gasteiger partial charge in [0.15, 0.2) is 0 Å².